The highest BCUT2D eigenvalue weighted by atomic mass is 16.6. The van der Waals surface area contributed by atoms with Crippen LogP contribution in [-0.2, 0) is 25.5 Å². The smallest absolute Gasteiger partial charge is 0.411 e. The number of benzene rings is 1. The van der Waals surface area contributed by atoms with Crippen molar-refractivity contribution >= 4 is 30.2 Å². The number of carbonyl (C=O) groups is 4. The van der Waals surface area contributed by atoms with Crippen LogP contribution in [0.15, 0.2) is 29.3 Å². The Balaban J connectivity index is 1.78. The van der Waals surface area contributed by atoms with E-state index in [2.05, 4.69) is 10.3 Å². The normalized spacial score (nSPS) is 20.0. The molecule has 3 amide bonds. The number of guanidine groups is 1. The molecule has 0 bridgehead atoms. The number of likely N-dealkylation sites (tertiary alicyclic amines) is 1. The van der Waals surface area contributed by atoms with Gasteiger partial charge in [-0.2, -0.15) is 0 Å². The molecule has 0 saturated carbocycles. The Kier molecular flexibility index (Phi) is 9.12. The fourth-order valence-electron chi connectivity index (χ4n) is 4.78. The van der Waals surface area contributed by atoms with Crippen LogP contribution in [0.5, 0.6) is 0 Å². The number of nitrogens with two attached hydrogens (primary N) is 2. The van der Waals surface area contributed by atoms with Crippen LogP contribution >= 0.6 is 0 Å². The van der Waals surface area contributed by atoms with Crippen molar-refractivity contribution in [1.82, 2.24) is 15.1 Å². The Hall–Kier alpha value is -3.63. The number of hydrogen-bond acceptors (Lipinski definition) is 6. The lowest BCUT2D eigenvalue weighted by Crippen LogP contribution is -2.54. The molecule has 202 valence electrons. The van der Waals surface area contributed by atoms with Gasteiger partial charge in [0.1, 0.15) is 24.0 Å². The summed E-state index contributed by atoms with van der Waals surface area (Å²) in [5.41, 5.74) is 11.6. The fourth-order valence-corrected chi connectivity index (χ4v) is 4.78. The zero-order chi connectivity index (χ0) is 27.2. The maximum Gasteiger partial charge on any atom is 0.411 e. The lowest BCUT2D eigenvalue weighted by molar-refractivity contribution is -0.143. The fraction of sp³-hybridized carbons (Fsp3) is 0.577. The molecule has 1 saturated heterocycles. The number of fused-ring (bicyclic) bond motifs is 1. The molecule has 5 N–H and O–H groups in total. The minimum atomic E-state index is -0.894. The van der Waals surface area contributed by atoms with Crippen LogP contribution in [0.2, 0.25) is 0 Å². The van der Waals surface area contributed by atoms with Crippen molar-refractivity contribution in [3.05, 3.63) is 35.4 Å². The predicted octanol–water partition coefficient (Wildman–Crippen LogP) is 1.25. The molecule has 0 spiro atoms. The number of hydrogen-bond donors (Lipinski definition) is 3. The Labute approximate surface area is 217 Å². The largest absolute Gasteiger partial charge is 0.444 e. The standard InChI is InChI=1S/C26H38N6O5/c1-26(2,3)37-25(36)32-15-12-17-8-4-5-10-19(17)21(32)23(35)31-14-7-11-20(31)22(34)30-18(16-33)9-6-13-29-24(27)28/h4-5,8,10,16,18,20-21H,6-7,9,11-15H2,1-3H3,(H,30,34)(H4,27,28,29)/t18-,20-,21+/m0/s1. The van der Waals surface area contributed by atoms with Crippen molar-refractivity contribution in [3.8, 4) is 0 Å². The Morgan fingerprint density at radius 2 is 1.92 bits per heavy atom. The molecular weight excluding hydrogens is 476 g/mol. The summed E-state index contributed by atoms with van der Waals surface area (Å²) in [5, 5.41) is 2.75. The average Bonchev–Trinajstić information content (AvgIpc) is 3.33. The number of nitrogens with one attached hydrogen (secondary N) is 1. The van der Waals surface area contributed by atoms with Crippen molar-refractivity contribution in [2.45, 2.75) is 76.6 Å². The van der Waals surface area contributed by atoms with E-state index < -0.39 is 35.7 Å². The molecule has 3 atom stereocenters. The Bertz CT molecular complexity index is 1030. The van der Waals surface area contributed by atoms with E-state index in [0.717, 1.165) is 11.1 Å². The Morgan fingerprint density at radius 1 is 1.19 bits per heavy atom. The van der Waals surface area contributed by atoms with Crippen molar-refractivity contribution in [1.29, 1.82) is 0 Å². The maximum atomic E-state index is 14.0. The average molecular weight is 515 g/mol. The number of ether oxygens (including phenoxy) is 1. The molecule has 0 radical (unpaired) electrons. The van der Waals surface area contributed by atoms with Crippen LogP contribution in [0, 0.1) is 0 Å². The van der Waals surface area contributed by atoms with Crippen LogP contribution < -0.4 is 16.8 Å². The highest BCUT2D eigenvalue weighted by Gasteiger charge is 2.44. The molecule has 11 nitrogen and oxygen atoms in total. The second-order valence-electron chi connectivity index (χ2n) is 10.4. The highest BCUT2D eigenvalue weighted by Crippen LogP contribution is 2.34. The molecule has 1 aromatic carbocycles. The summed E-state index contributed by atoms with van der Waals surface area (Å²) in [6.07, 6.45) is 2.70. The van der Waals surface area contributed by atoms with Gasteiger partial charge in [0.25, 0.3) is 5.91 Å². The molecule has 0 aliphatic carbocycles. The van der Waals surface area contributed by atoms with Crippen molar-refractivity contribution in [2.24, 2.45) is 16.5 Å². The summed E-state index contributed by atoms with van der Waals surface area (Å²) >= 11 is 0. The first-order valence-electron chi connectivity index (χ1n) is 12.7. The molecule has 37 heavy (non-hydrogen) atoms. The van der Waals surface area contributed by atoms with E-state index in [-0.39, 0.29) is 11.9 Å². The summed E-state index contributed by atoms with van der Waals surface area (Å²) in [5.74, 6) is -0.750. The van der Waals surface area contributed by atoms with Crippen molar-refractivity contribution in [3.63, 3.8) is 0 Å². The van der Waals surface area contributed by atoms with E-state index in [9.17, 15) is 19.2 Å². The lowest BCUT2D eigenvalue weighted by Gasteiger charge is -2.39. The van der Waals surface area contributed by atoms with Crippen molar-refractivity contribution in [2.75, 3.05) is 19.6 Å². The maximum absolute atomic E-state index is 14.0. The first-order valence-corrected chi connectivity index (χ1v) is 12.7. The SMILES string of the molecule is CC(C)(C)OC(=O)N1CCc2ccccc2[C@@H]1C(=O)N1CCC[C@H]1C(=O)N[C@H](C=O)CCCN=C(N)N. The molecule has 2 aliphatic rings. The highest BCUT2D eigenvalue weighted by molar-refractivity contribution is 5.93. The van der Waals surface area contributed by atoms with E-state index >= 15 is 0 Å². The summed E-state index contributed by atoms with van der Waals surface area (Å²) < 4.78 is 5.61. The van der Waals surface area contributed by atoms with Gasteiger partial charge in [-0.25, -0.2) is 4.79 Å². The topological polar surface area (TPSA) is 160 Å². The van der Waals surface area contributed by atoms with Gasteiger partial charge in [0.15, 0.2) is 5.96 Å². The van der Waals surface area contributed by atoms with Gasteiger partial charge < -0.3 is 31.2 Å². The van der Waals surface area contributed by atoms with Crippen LogP contribution in [0.25, 0.3) is 0 Å². The van der Waals surface area contributed by atoms with Crippen molar-refractivity contribution < 1.29 is 23.9 Å². The van der Waals surface area contributed by atoms with Crippen LogP contribution in [0.4, 0.5) is 4.79 Å². The van der Waals surface area contributed by atoms with Gasteiger partial charge in [0, 0.05) is 19.6 Å². The van der Waals surface area contributed by atoms with Crippen LogP contribution in [0.3, 0.4) is 0 Å². The summed E-state index contributed by atoms with van der Waals surface area (Å²) in [4.78, 5) is 58.7. The molecule has 0 unspecified atom stereocenters. The summed E-state index contributed by atoms with van der Waals surface area (Å²) in [6, 6.07) is 5.20. The quantitative estimate of drug-likeness (QED) is 0.204. The van der Waals surface area contributed by atoms with E-state index in [4.69, 9.17) is 16.2 Å². The zero-order valence-corrected chi connectivity index (χ0v) is 21.8. The minimum absolute atomic E-state index is 0.0310. The van der Waals surface area contributed by atoms with E-state index in [1.807, 2.05) is 24.3 Å². The summed E-state index contributed by atoms with van der Waals surface area (Å²) in [6.45, 7) is 6.39. The number of nitrogens with zero attached hydrogens (tertiary/aromatic N) is 3. The predicted molar refractivity (Wildman–Crippen MR) is 138 cm³/mol. The molecule has 0 aromatic heterocycles. The number of rotatable bonds is 8. The second-order valence-corrected chi connectivity index (χ2v) is 10.4. The minimum Gasteiger partial charge on any atom is -0.444 e. The van der Waals surface area contributed by atoms with Gasteiger partial charge in [-0.3, -0.25) is 19.5 Å². The first kappa shape index (κ1) is 27.9. The van der Waals surface area contributed by atoms with E-state index in [0.29, 0.717) is 58.0 Å². The third-order valence-electron chi connectivity index (χ3n) is 6.44. The van der Waals surface area contributed by atoms with Gasteiger partial charge in [0.2, 0.25) is 5.91 Å². The third kappa shape index (κ3) is 7.21. The number of aliphatic imine (C=N–C) groups is 1. The molecule has 2 aliphatic heterocycles. The van der Waals surface area contributed by atoms with Crippen LogP contribution in [0.1, 0.15) is 63.6 Å². The molecule has 1 fully saturated rings. The molecule has 1 aromatic rings. The second kappa shape index (κ2) is 12.1. The summed E-state index contributed by atoms with van der Waals surface area (Å²) in [7, 11) is 0. The van der Waals surface area contributed by atoms with Gasteiger partial charge in [0.05, 0.1) is 6.04 Å². The molecule has 3 rings (SSSR count). The molecule has 11 heteroatoms. The lowest BCUT2D eigenvalue weighted by atomic mass is 9.91. The zero-order valence-electron chi connectivity index (χ0n) is 21.8. The van der Waals surface area contributed by atoms with Gasteiger partial charge in [-0.15, -0.1) is 0 Å². The van der Waals surface area contributed by atoms with Crippen LogP contribution in [-0.4, -0.2) is 77.3 Å². The number of carbonyl (C=O) groups excluding carboxylic acids is 4. The number of amides is 3. The molecule has 2 heterocycles. The molecular formula is C26H38N6O5. The number of aldehydes is 1. The van der Waals surface area contributed by atoms with E-state index in [1.165, 1.54) is 9.80 Å². The van der Waals surface area contributed by atoms with E-state index in [1.54, 1.807) is 20.8 Å². The van der Waals surface area contributed by atoms with Gasteiger partial charge >= 0.3 is 6.09 Å². The Morgan fingerprint density at radius 3 is 2.59 bits per heavy atom. The monoisotopic (exact) mass is 514 g/mol. The van der Waals surface area contributed by atoms with Gasteiger partial charge in [-0.1, -0.05) is 24.3 Å². The first-order chi connectivity index (χ1) is 17.5. The third-order valence-corrected chi connectivity index (χ3v) is 6.44. The van der Waals surface area contributed by atoms with Gasteiger partial charge in [-0.05, 0) is 64.0 Å².